The number of carbonyl (C=O) groups excluding carboxylic acids is 1. The third-order valence-corrected chi connectivity index (χ3v) is 7.46. The summed E-state index contributed by atoms with van der Waals surface area (Å²) in [5.41, 5.74) is 1.26. The molecule has 1 aromatic heterocycles. The van der Waals surface area contributed by atoms with Gasteiger partial charge in [0.2, 0.25) is 0 Å². The zero-order valence-corrected chi connectivity index (χ0v) is 19.7. The summed E-state index contributed by atoms with van der Waals surface area (Å²) in [5, 5.41) is 12.9. The van der Waals surface area contributed by atoms with E-state index in [9.17, 15) is 17.6 Å². The van der Waals surface area contributed by atoms with E-state index in [1.54, 1.807) is 19.2 Å². The minimum Gasteiger partial charge on any atom is -0.446 e. The van der Waals surface area contributed by atoms with Crippen LogP contribution in [0.25, 0.3) is 0 Å². The number of ether oxygens (including phenoxy) is 2. The van der Waals surface area contributed by atoms with Crippen molar-refractivity contribution >= 4 is 27.4 Å². The molecule has 0 saturated heterocycles. The number of alkyl carbamates (subject to hydrolysis) is 1. The fourth-order valence-electron chi connectivity index (χ4n) is 4.49. The van der Waals surface area contributed by atoms with Crippen LogP contribution in [0.5, 0.6) is 0 Å². The second kappa shape index (κ2) is 8.94. The number of nitrogens with one attached hydrogen (secondary N) is 3. The number of hydrogen-bond acceptors (Lipinski definition) is 7. The highest BCUT2D eigenvalue weighted by Gasteiger charge is 2.32. The lowest BCUT2D eigenvalue weighted by molar-refractivity contribution is 0.0771. The SMILES string of the molecule is COCC(C)(C)NC(=O)OC1CCC(c2cc(Nc3ccc4c(c3F)CS(=O)(=O)C4)n[nH]2)C1. The van der Waals surface area contributed by atoms with Crippen LogP contribution in [0, 0.1) is 5.82 Å². The van der Waals surface area contributed by atoms with Gasteiger partial charge in [-0.3, -0.25) is 5.10 Å². The van der Waals surface area contributed by atoms with Gasteiger partial charge in [0.15, 0.2) is 21.5 Å². The molecule has 2 aliphatic rings. The first-order valence-electron chi connectivity index (χ1n) is 10.9. The summed E-state index contributed by atoms with van der Waals surface area (Å²) < 4.78 is 49.1. The van der Waals surface area contributed by atoms with E-state index in [4.69, 9.17) is 9.47 Å². The Labute approximate surface area is 192 Å². The number of hydrogen-bond donors (Lipinski definition) is 3. The number of fused-ring (bicyclic) bond motifs is 1. The Bertz CT molecular complexity index is 1150. The van der Waals surface area contributed by atoms with E-state index < -0.39 is 27.3 Å². The summed E-state index contributed by atoms with van der Waals surface area (Å²) in [6.45, 7) is 4.09. The van der Waals surface area contributed by atoms with Crippen molar-refractivity contribution in [1.29, 1.82) is 0 Å². The number of halogens is 1. The molecule has 1 fully saturated rings. The first kappa shape index (κ1) is 23.5. The second-order valence-corrected chi connectivity index (χ2v) is 11.5. The van der Waals surface area contributed by atoms with Crippen molar-refractivity contribution in [3.05, 3.63) is 40.8 Å². The highest BCUT2D eigenvalue weighted by atomic mass is 32.2. The van der Waals surface area contributed by atoms with E-state index in [1.165, 1.54) is 6.07 Å². The smallest absolute Gasteiger partial charge is 0.407 e. The van der Waals surface area contributed by atoms with Gasteiger partial charge < -0.3 is 20.1 Å². The van der Waals surface area contributed by atoms with Crippen LogP contribution in [0.15, 0.2) is 18.2 Å². The van der Waals surface area contributed by atoms with Crippen molar-refractivity contribution in [2.24, 2.45) is 0 Å². The number of sulfone groups is 1. The molecular weight excluding hydrogens is 451 g/mol. The zero-order chi connectivity index (χ0) is 23.8. The Hall–Kier alpha value is -2.66. The molecule has 1 aliphatic heterocycles. The van der Waals surface area contributed by atoms with Gasteiger partial charge in [0.1, 0.15) is 6.10 Å². The van der Waals surface area contributed by atoms with Crippen molar-refractivity contribution in [2.45, 2.75) is 62.2 Å². The van der Waals surface area contributed by atoms with E-state index in [2.05, 4.69) is 20.8 Å². The second-order valence-electron chi connectivity index (χ2n) is 9.41. The number of methoxy groups -OCH3 is 1. The van der Waals surface area contributed by atoms with E-state index in [-0.39, 0.29) is 34.8 Å². The number of carbonyl (C=O) groups is 1. The highest BCUT2D eigenvalue weighted by Crippen LogP contribution is 2.37. The summed E-state index contributed by atoms with van der Waals surface area (Å²) in [7, 11) is -1.71. The highest BCUT2D eigenvalue weighted by molar-refractivity contribution is 7.90. The Kier molecular flexibility index (Phi) is 6.37. The van der Waals surface area contributed by atoms with Gasteiger partial charge in [-0.05, 0) is 44.7 Å². The van der Waals surface area contributed by atoms with Crippen LogP contribution in [0.4, 0.5) is 20.7 Å². The van der Waals surface area contributed by atoms with Gasteiger partial charge in [-0.15, -0.1) is 0 Å². The zero-order valence-electron chi connectivity index (χ0n) is 18.9. The summed E-state index contributed by atoms with van der Waals surface area (Å²) in [4.78, 5) is 12.2. The maximum Gasteiger partial charge on any atom is 0.407 e. The van der Waals surface area contributed by atoms with Gasteiger partial charge in [-0.1, -0.05) is 6.07 Å². The van der Waals surface area contributed by atoms with Crippen LogP contribution in [-0.4, -0.2) is 50.1 Å². The Morgan fingerprint density at radius 1 is 1.30 bits per heavy atom. The summed E-state index contributed by atoms with van der Waals surface area (Å²) in [6, 6.07) is 4.97. The molecular formula is C22H29FN4O5S. The van der Waals surface area contributed by atoms with Crippen LogP contribution >= 0.6 is 0 Å². The van der Waals surface area contributed by atoms with Crippen LogP contribution in [0.3, 0.4) is 0 Å². The third-order valence-electron chi connectivity index (χ3n) is 5.98. The van der Waals surface area contributed by atoms with Crippen molar-refractivity contribution in [3.8, 4) is 0 Å². The average molecular weight is 481 g/mol. The molecule has 33 heavy (non-hydrogen) atoms. The third kappa shape index (κ3) is 5.47. The van der Waals surface area contributed by atoms with Crippen molar-refractivity contribution in [2.75, 3.05) is 19.0 Å². The van der Waals surface area contributed by atoms with Gasteiger partial charge in [0.25, 0.3) is 0 Å². The Balaban J connectivity index is 1.35. The van der Waals surface area contributed by atoms with E-state index in [1.807, 2.05) is 13.8 Å². The first-order valence-corrected chi connectivity index (χ1v) is 12.7. The normalized spacial score (nSPS) is 21.6. The summed E-state index contributed by atoms with van der Waals surface area (Å²) in [5.74, 6) is -0.399. The van der Waals surface area contributed by atoms with E-state index in [0.29, 0.717) is 24.4 Å². The first-order chi connectivity index (χ1) is 15.5. The summed E-state index contributed by atoms with van der Waals surface area (Å²) in [6.07, 6.45) is 1.54. The molecule has 2 atom stereocenters. The Morgan fingerprint density at radius 3 is 2.85 bits per heavy atom. The van der Waals surface area contributed by atoms with Crippen molar-refractivity contribution < 1.29 is 27.1 Å². The Morgan fingerprint density at radius 2 is 2.09 bits per heavy atom. The van der Waals surface area contributed by atoms with E-state index in [0.717, 1.165) is 18.5 Å². The number of nitrogens with zero attached hydrogens (tertiary/aromatic N) is 1. The molecule has 1 aliphatic carbocycles. The standard InChI is InChI=1S/C22H29FN4O5S/c1-22(2,12-31-3)25-21(28)32-15-6-4-13(8-15)18-9-19(27-26-18)24-17-7-5-14-10-33(29,30)11-16(14)20(17)23/h5,7,9,13,15H,4,6,8,10-12H2,1-3H3,(H,25,28)(H2,24,26,27). The van der Waals surface area contributed by atoms with Gasteiger partial charge in [-0.25, -0.2) is 17.6 Å². The monoisotopic (exact) mass is 480 g/mol. The minimum atomic E-state index is -3.29. The van der Waals surface area contributed by atoms with Crippen LogP contribution < -0.4 is 10.6 Å². The number of rotatable bonds is 7. The molecule has 2 unspecified atom stereocenters. The number of anilines is 2. The molecule has 2 heterocycles. The molecule has 0 bridgehead atoms. The molecule has 9 nitrogen and oxygen atoms in total. The van der Waals surface area contributed by atoms with Crippen molar-refractivity contribution in [1.82, 2.24) is 15.5 Å². The quantitative estimate of drug-likeness (QED) is 0.554. The average Bonchev–Trinajstić information content (AvgIpc) is 3.41. The van der Waals surface area contributed by atoms with Gasteiger partial charge >= 0.3 is 6.09 Å². The van der Waals surface area contributed by atoms with Gasteiger partial charge in [0.05, 0.1) is 29.3 Å². The molecule has 1 aromatic carbocycles. The summed E-state index contributed by atoms with van der Waals surface area (Å²) >= 11 is 0. The predicted molar refractivity (Wildman–Crippen MR) is 121 cm³/mol. The molecule has 3 N–H and O–H groups in total. The molecule has 1 amide bonds. The molecule has 1 saturated carbocycles. The fraction of sp³-hybridized carbons (Fsp3) is 0.545. The molecule has 2 aromatic rings. The van der Waals surface area contributed by atoms with Gasteiger partial charge in [-0.2, -0.15) is 5.10 Å². The number of H-pyrrole nitrogens is 1. The van der Waals surface area contributed by atoms with Crippen LogP contribution in [-0.2, 0) is 30.8 Å². The number of benzene rings is 1. The molecule has 180 valence electrons. The molecule has 11 heteroatoms. The van der Waals surface area contributed by atoms with Crippen LogP contribution in [0.1, 0.15) is 55.8 Å². The topological polar surface area (TPSA) is 122 Å². The van der Waals surface area contributed by atoms with Crippen molar-refractivity contribution in [3.63, 3.8) is 0 Å². The number of aromatic nitrogens is 2. The minimum absolute atomic E-state index is 0.126. The maximum atomic E-state index is 14.8. The van der Waals surface area contributed by atoms with E-state index >= 15 is 0 Å². The lowest BCUT2D eigenvalue weighted by Gasteiger charge is -2.25. The van der Waals surface area contributed by atoms with Gasteiger partial charge in [0, 0.05) is 30.4 Å². The fourth-order valence-corrected chi connectivity index (χ4v) is 6.09. The predicted octanol–water partition coefficient (Wildman–Crippen LogP) is 3.51. The van der Waals surface area contributed by atoms with Crippen LogP contribution in [0.2, 0.25) is 0 Å². The maximum absolute atomic E-state index is 14.8. The number of amides is 1. The molecule has 0 spiro atoms. The largest absolute Gasteiger partial charge is 0.446 e. The lowest BCUT2D eigenvalue weighted by Crippen LogP contribution is -2.47. The molecule has 0 radical (unpaired) electrons. The molecule has 4 rings (SSSR count). The number of aromatic amines is 1. The lowest BCUT2D eigenvalue weighted by atomic mass is 10.0.